The number of aromatic nitrogens is 1. The number of carbonyl (C=O) groups excluding carboxylic acids is 1. The third-order valence-corrected chi connectivity index (χ3v) is 3.15. The van der Waals surface area contributed by atoms with Gasteiger partial charge in [-0.15, -0.1) is 0 Å². The Morgan fingerprint density at radius 3 is 2.45 bits per heavy atom. The summed E-state index contributed by atoms with van der Waals surface area (Å²) in [4.78, 5) is 16.0. The van der Waals surface area contributed by atoms with E-state index in [4.69, 9.17) is 11.6 Å². The summed E-state index contributed by atoms with van der Waals surface area (Å²) in [5.41, 5.74) is 0.460. The number of urea groups is 1. The summed E-state index contributed by atoms with van der Waals surface area (Å²) < 4.78 is 0. The lowest BCUT2D eigenvalue weighted by Gasteiger charge is -2.27. The second kappa shape index (κ2) is 5.92. The van der Waals surface area contributed by atoms with Crippen LogP contribution in [0.1, 0.15) is 19.4 Å². The van der Waals surface area contributed by atoms with Gasteiger partial charge in [0.05, 0.1) is 5.54 Å². The summed E-state index contributed by atoms with van der Waals surface area (Å²) in [5.74, 6) is 0.511. The molecule has 1 heterocycles. The van der Waals surface area contributed by atoms with Crippen LogP contribution in [0.25, 0.3) is 0 Å². The van der Waals surface area contributed by atoms with Crippen molar-refractivity contribution < 1.29 is 4.79 Å². The van der Waals surface area contributed by atoms with Gasteiger partial charge >= 0.3 is 6.03 Å². The highest BCUT2D eigenvalue weighted by Gasteiger charge is 2.22. The van der Waals surface area contributed by atoms with Gasteiger partial charge in [0.2, 0.25) is 0 Å². The Bertz CT molecular complexity index is 582. The molecule has 0 saturated carbocycles. The highest BCUT2D eigenvalue weighted by atomic mass is 35.5. The molecule has 20 heavy (non-hydrogen) atoms. The van der Waals surface area contributed by atoms with Crippen LogP contribution in [0.5, 0.6) is 0 Å². The number of nitrogens with zero attached hydrogens (tertiary/aromatic N) is 1. The minimum atomic E-state index is -0.510. The zero-order chi connectivity index (χ0) is 14.6. The van der Waals surface area contributed by atoms with E-state index in [0.29, 0.717) is 10.8 Å². The van der Waals surface area contributed by atoms with Crippen LogP contribution in [-0.2, 0) is 5.54 Å². The van der Waals surface area contributed by atoms with Gasteiger partial charge in [0.25, 0.3) is 0 Å². The van der Waals surface area contributed by atoms with Crippen LogP contribution >= 0.6 is 11.6 Å². The quantitative estimate of drug-likeness (QED) is 0.903. The van der Waals surface area contributed by atoms with Gasteiger partial charge in [-0.3, -0.25) is 5.32 Å². The van der Waals surface area contributed by atoms with Crippen LogP contribution < -0.4 is 10.6 Å². The first-order chi connectivity index (χ1) is 9.47. The van der Waals surface area contributed by atoms with Crippen molar-refractivity contribution in [1.82, 2.24) is 10.3 Å². The van der Waals surface area contributed by atoms with E-state index in [1.165, 1.54) is 0 Å². The number of nitrogens with one attached hydrogen (secondary N) is 2. The molecule has 1 aromatic heterocycles. The van der Waals surface area contributed by atoms with Crippen LogP contribution in [0.4, 0.5) is 10.6 Å². The molecule has 0 aliphatic heterocycles. The molecule has 1 aromatic carbocycles. The summed E-state index contributed by atoms with van der Waals surface area (Å²) in [6, 6.07) is 12.4. The van der Waals surface area contributed by atoms with Crippen LogP contribution in [0.2, 0.25) is 5.02 Å². The van der Waals surface area contributed by atoms with Crippen molar-refractivity contribution in [3.63, 3.8) is 0 Å². The average Bonchev–Trinajstić information content (AvgIpc) is 2.39. The van der Waals surface area contributed by atoms with E-state index in [1.807, 2.05) is 32.0 Å². The fourth-order valence-electron chi connectivity index (χ4n) is 1.81. The molecule has 0 aliphatic rings. The van der Waals surface area contributed by atoms with E-state index in [-0.39, 0.29) is 6.03 Å². The largest absolute Gasteiger partial charge is 0.329 e. The van der Waals surface area contributed by atoms with Crippen molar-refractivity contribution >= 4 is 23.4 Å². The van der Waals surface area contributed by atoms with E-state index in [0.717, 1.165) is 5.56 Å². The molecule has 0 fully saturated rings. The van der Waals surface area contributed by atoms with Crippen molar-refractivity contribution in [2.24, 2.45) is 0 Å². The monoisotopic (exact) mass is 289 g/mol. The maximum atomic E-state index is 12.0. The number of pyridine rings is 1. The zero-order valence-electron chi connectivity index (χ0n) is 11.4. The summed E-state index contributed by atoms with van der Waals surface area (Å²) in [6.07, 6.45) is 1.62. The first-order valence-electron chi connectivity index (χ1n) is 6.23. The third kappa shape index (κ3) is 3.71. The number of rotatable bonds is 3. The number of anilines is 1. The number of amides is 2. The van der Waals surface area contributed by atoms with Gasteiger partial charge in [-0.1, -0.05) is 29.8 Å². The minimum absolute atomic E-state index is 0.302. The van der Waals surface area contributed by atoms with Gasteiger partial charge < -0.3 is 5.32 Å². The zero-order valence-corrected chi connectivity index (χ0v) is 12.1. The average molecular weight is 290 g/mol. The van der Waals surface area contributed by atoms with E-state index >= 15 is 0 Å². The Balaban J connectivity index is 2.04. The molecule has 2 rings (SSSR count). The van der Waals surface area contributed by atoms with Crippen LogP contribution in [0.3, 0.4) is 0 Å². The van der Waals surface area contributed by atoms with E-state index < -0.39 is 5.54 Å². The molecule has 2 amide bonds. The molecule has 0 saturated heterocycles. The SMILES string of the molecule is CC(C)(NC(=O)Nc1ccccn1)c1ccc(Cl)cc1. The van der Waals surface area contributed by atoms with Crippen molar-refractivity contribution in [2.75, 3.05) is 5.32 Å². The predicted molar refractivity (Wildman–Crippen MR) is 80.9 cm³/mol. The fourth-order valence-corrected chi connectivity index (χ4v) is 1.93. The predicted octanol–water partition coefficient (Wildman–Crippen LogP) is 3.79. The number of benzene rings is 1. The van der Waals surface area contributed by atoms with Gasteiger partial charge in [-0.2, -0.15) is 0 Å². The lowest BCUT2D eigenvalue weighted by molar-refractivity contribution is 0.242. The third-order valence-electron chi connectivity index (χ3n) is 2.90. The first kappa shape index (κ1) is 14.3. The van der Waals surface area contributed by atoms with E-state index in [2.05, 4.69) is 15.6 Å². The second-order valence-corrected chi connectivity index (χ2v) is 5.36. The number of halogens is 1. The van der Waals surface area contributed by atoms with E-state index in [9.17, 15) is 4.79 Å². The van der Waals surface area contributed by atoms with Crippen molar-refractivity contribution in [3.05, 3.63) is 59.2 Å². The van der Waals surface area contributed by atoms with Gasteiger partial charge in [0.15, 0.2) is 0 Å². The number of hydrogen-bond acceptors (Lipinski definition) is 2. The van der Waals surface area contributed by atoms with E-state index in [1.54, 1.807) is 30.5 Å². The van der Waals surface area contributed by atoms with Crippen LogP contribution in [-0.4, -0.2) is 11.0 Å². The minimum Gasteiger partial charge on any atom is -0.329 e. The number of carbonyl (C=O) groups is 1. The molecule has 0 aliphatic carbocycles. The van der Waals surface area contributed by atoms with Crippen LogP contribution in [0.15, 0.2) is 48.7 Å². The van der Waals surface area contributed by atoms with Crippen molar-refractivity contribution in [3.8, 4) is 0 Å². The molecule has 0 spiro atoms. The Morgan fingerprint density at radius 2 is 1.85 bits per heavy atom. The lowest BCUT2D eigenvalue weighted by Crippen LogP contribution is -2.43. The molecule has 2 aromatic rings. The van der Waals surface area contributed by atoms with Crippen molar-refractivity contribution in [1.29, 1.82) is 0 Å². The molecule has 5 heteroatoms. The van der Waals surface area contributed by atoms with Gasteiger partial charge in [-0.05, 0) is 43.7 Å². The smallest absolute Gasteiger partial charge is 0.321 e. The summed E-state index contributed by atoms with van der Waals surface area (Å²) >= 11 is 5.87. The Morgan fingerprint density at radius 1 is 1.15 bits per heavy atom. The molecular formula is C15H16ClN3O. The molecule has 0 bridgehead atoms. The molecule has 0 radical (unpaired) electrons. The Hall–Kier alpha value is -2.07. The summed E-state index contributed by atoms with van der Waals surface area (Å²) in [6.45, 7) is 3.85. The summed E-state index contributed by atoms with van der Waals surface area (Å²) in [5, 5.41) is 6.27. The lowest BCUT2D eigenvalue weighted by atomic mass is 9.94. The van der Waals surface area contributed by atoms with Gasteiger partial charge in [0.1, 0.15) is 5.82 Å². The molecular weight excluding hydrogens is 274 g/mol. The highest BCUT2D eigenvalue weighted by Crippen LogP contribution is 2.22. The van der Waals surface area contributed by atoms with Gasteiger partial charge in [0, 0.05) is 11.2 Å². The maximum Gasteiger partial charge on any atom is 0.321 e. The molecule has 2 N–H and O–H groups in total. The molecule has 0 unspecified atom stereocenters. The highest BCUT2D eigenvalue weighted by molar-refractivity contribution is 6.30. The molecule has 0 atom stereocenters. The second-order valence-electron chi connectivity index (χ2n) is 4.93. The standard InChI is InChI=1S/C15H16ClN3O/c1-15(2,11-6-8-12(16)9-7-11)19-14(20)18-13-5-3-4-10-17-13/h3-10H,1-2H3,(H2,17,18,19,20). The Labute approximate surface area is 123 Å². The van der Waals surface area contributed by atoms with Gasteiger partial charge in [-0.25, -0.2) is 9.78 Å². The first-order valence-corrected chi connectivity index (χ1v) is 6.61. The maximum absolute atomic E-state index is 12.0. The normalized spacial score (nSPS) is 10.9. The Kier molecular flexibility index (Phi) is 4.25. The molecule has 4 nitrogen and oxygen atoms in total. The van der Waals surface area contributed by atoms with Crippen molar-refractivity contribution in [2.45, 2.75) is 19.4 Å². The molecule has 104 valence electrons. The summed E-state index contributed by atoms with van der Waals surface area (Å²) in [7, 11) is 0. The fraction of sp³-hybridized carbons (Fsp3) is 0.200. The number of hydrogen-bond donors (Lipinski definition) is 2. The topological polar surface area (TPSA) is 54.0 Å². The van der Waals surface area contributed by atoms with Crippen LogP contribution in [0, 0.1) is 0 Å².